The van der Waals surface area contributed by atoms with Crippen molar-refractivity contribution >= 4 is 33.4 Å². The van der Waals surface area contributed by atoms with Crippen LogP contribution in [0.4, 0.5) is 5.69 Å². The number of carbonyl (C=O) groups is 2. The molecular formula is C25H15BrN2O2. The van der Waals surface area contributed by atoms with Crippen LogP contribution in [0.1, 0.15) is 33.7 Å². The molecule has 1 fully saturated rings. The van der Waals surface area contributed by atoms with Crippen LogP contribution in [0.3, 0.4) is 0 Å². The summed E-state index contributed by atoms with van der Waals surface area (Å²) in [5.74, 6) is -1.50. The fourth-order valence-electron chi connectivity index (χ4n) is 5.62. The van der Waals surface area contributed by atoms with Crippen LogP contribution in [-0.2, 0) is 13.9 Å². The quantitative estimate of drug-likeness (QED) is 0.402. The van der Waals surface area contributed by atoms with Gasteiger partial charge in [0.2, 0.25) is 11.8 Å². The summed E-state index contributed by atoms with van der Waals surface area (Å²) in [5, 5.41) is 9.07. The van der Waals surface area contributed by atoms with Gasteiger partial charge in [0.05, 0.1) is 33.5 Å². The standard InChI is InChI=1S/C25H15BrN2O2/c26-25-18-7-3-1-5-16(18)20(17-6-2-4-8-19(17)25)21-22(25)24(30)28(23(21)29)15-11-9-14(13-27)10-12-15/h1-12,20-22H/t20?,21-,22+,25?/m0/s1. The van der Waals surface area contributed by atoms with Gasteiger partial charge in [0.1, 0.15) is 0 Å². The summed E-state index contributed by atoms with van der Waals surface area (Å²) in [4.78, 5) is 28.7. The maximum absolute atomic E-state index is 13.7. The number of hydrogen-bond acceptors (Lipinski definition) is 3. The monoisotopic (exact) mass is 454 g/mol. The second kappa shape index (κ2) is 5.90. The molecule has 0 radical (unpaired) electrons. The van der Waals surface area contributed by atoms with Gasteiger partial charge in [-0.1, -0.05) is 64.5 Å². The van der Waals surface area contributed by atoms with E-state index in [1.54, 1.807) is 24.3 Å². The fourth-order valence-corrected chi connectivity index (χ4v) is 6.82. The largest absolute Gasteiger partial charge is 0.274 e. The van der Waals surface area contributed by atoms with Crippen LogP contribution in [0.2, 0.25) is 0 Å². The predicted octanol–water partition coefficient (Wildman–Crippen LogP) is 4.46. The van der Waals surface area contributed by atoms with E-state index in [9.17, 15) is 9.59 Å². The van der Waals surface area contributed by atoms with E-state index in [-0.39, 0.29) is 17.7 Å². The number of amides is 2. The fraction of sp³-hybridized carbons (Fsp3) is 0.160. The molecule has 30 heavy (non-hydrogen) atoms. The van der Waals surface area contributed by atoms with Gasteiger partial charge in [0.25, 0.3) is 0 Å². The number of rotatable bonds is 1. The van der Waals surface area contributed by atoms with Crippen LogP contribution in [0.15, 0.2) is 72.8 Å². The van der Waals surface area contributed by atoms with Crippen molar-refractivity contribution in [1.29, 1.82) is 5.26 Å². The summed E-state index contributed by atoms with van der Waals surface area (Å²) in [6, 6.07) is 24.9. The third-order valence-electron chi connectivity index (χ3n) is 6.77. The Balaban J connectivity index is 1.58. The minimum atomic E-state index is -0.742. The highest BCUT2D eigenvalue weighted by Crippen LogP contribution is 2.66. The first-order valence-electron chi connectivity index (χ1n) is 9.83. The number of imide groups is 1. The molecule has 0 unspecified atom stereocenters. The lowest BCUT2D eigenvalue weighted by Gasteiger charge is -2.51. The predicted molar refractivity (Wildman–Crippen MR) is 115 cm³/mol. The summed E-state index contributed by atoms with van der Waals surface area (Å²) >= 11 is 3.99. The first kappa shape index (κ1) is 17.6. The summed E-state index contributed by atoms with van der Waals surface area (Å²) in [5.41, 5.74) is 5.36. The van der Waals surface area contributed by atoms with E-state index in [0.717, 1.165) is 22.3 Å². The number of benzene rings is 3. The van der Waals surface area contributed by atoms with Crippen molar-refractivity contribution in [2.24, 2.45) is 11.8 Å². The molecule has 0 saturated carbocycles. The molecule has 4 nitrogen and oxygen atoms in total. The Morgan fingerprint density at radius 3 is 1.97 bits per heavy atom. The Labute approximate surface area is 181 Å². The summed E-state index contributed by atoms with van der Waals surface area (Å²) in [6.45, 7) is 0. The van der Waals surface area contributed by atoms with Crippen molar-refractivity contribution in [3.8, 4) is 6.07 Å². The van der Waals surface area contributed by atoms with Crippen molar-refractivity contribution in [2.75, 3.05) is 4.90 Å². The smallest absolute Gasteiger partial charge is 0.239 e. The van der Waals surface area contributed by atoms with Gasteiger partial charge in [-0.3, -0.25) is 9.59 Å². The third kappa shape index (κ3) is 1.95. The molecule has 3 aromatic carbocycles. The molecular weight excluding hydrogens is 440 g/mol. The Morgan fingerprint density at radius 2 is 1.40 bits per heavy atom. The molecule has 2 amide bonds. The zero-order valence-electron chi connectivity index (χ0n) is 15.7. The number of hydrogen-bond donors (Lipinski definition) is 0. The topological polar surface area (TPSA) is 61.2 Å². The van der Waals surface area contributed by atoms with Crippen molar-refractivity contribution < 1.29 is 9.59 Å². The Kier molecular flexibility index (Phi) is 3.46. The minimum absolute atomic E-state index is 0.151. The van der Waals surface area contributed by atoms with Crippen molar-refractivity contribution in [1.82, 2.24) is 0 Å². The van der Waals surface area contributed by atoms with E-state index >= 15 is 0 Å². The van der Waals surface area contributed by atoms with Gasteiger partial charge >= 0.3 is 0 Å². The average Bonchev–Trinajstić information content (AvgIpc) is 3.06. The zero-order chi connectivity index (χ0) is 20.6. The van der Waals surface area contributed by atoms with E-state index in [4.69, 9.17) is 5.26 Å². The summed E-state index contributed by atoms with van der Waals surface area (Å²) in [6.07, 6.45) is 0. The third-order valence-corrected chi connectivity index (χ3v) is 8.12. The Bertz CT molecular complexity index is 1240. The number of nitrogens with zero attached hydrogens (tertiary/aromatic N) is 2. The second-order valence-electron chi connectivity index (χ2n) is 8.04. The van der Waals surface area contributed by atoms with Gasteiger partial charge in [-0.15, -0.1) is 0 Å². The molecule has 144 valence electrons. The van der Waals surface area contributed by atoms with E-state index in [0.29, 0.717) is 11.3 Å². The van der Waals surface area contributed by atoms with Crippen LogP contribution in [0.5, 0.6) is 0 Å². The van der Waals surface area contributed by atoms with E-state index in [1.807, 2.05) is 24.3 Å². The molecule has 1 heterocycles. The highest BCUT2D eigenvalue weighted by atomic mass is 79.9. The maximum Gasteiger partial charge on any atom is 0.239 e. The highest BCUT2D eigenvalue weighted by molar-refractivity contribution is 9.09. The highest BCUT2D eigenvalue weighted by Gasteiger charge is 2.67. The molecule has 0 aromatic heterocycles. The van der Waals surface area contributed by atoms with Gasteiger partial charge in [-0.05, 0) is 46.5 Å². The Morgan fingerprint density at radius 1 is 0.833 bits per heavy atom. The molecule has 1 aliphatic heterocycles. The first-order valence-corrected chi connectivity index (χ1v) is 10.6. The average molecular weight is 455 g/mol. The van der Waals surface area contributed by atoms with Crippen LogP contribution < -0.4 is 4.90 Å². The lowest BCUT2D eigenvalue weighted by Crippen LogP contribution is -2.50. The zero-order valence-corrected chi connectivity index (χ0v) is 17.3. The Hall–Kier alpha value is -3.23. The van der Waals surface area contributed by atoms with Gasteiger partial charge in [0, 0.05) is 5.92 Å². The molecule has 1 saturated heterocycles. The summed E-state index contributed by atoms with van der Waals surface area (Å²) < 4.78 is -0.742. The van der Waals surface area contributed by atoms with Gasteiger partial charge < -0.3 is 0 Å². The van der Waals surface area contributed by atoms with E-state index < -0.39 is 16.2 Å². The molecule has 5 heteroatoms. The van der Waals surface area contributed by atoms with Crippen LogP contribution in [0, 0.1) is 23.2 Å². The normalized spacial score (nSPS) is 28.0. The van der Waals surface area contributed by atoms with E-state index in [1.165, 1.54) is 4.90 Å². The van der Waals surface area contributed by atoms with Crippen molar-refractivity contribution in [3.05, 3.63) is 101 Å². The molecule has 0 N–H and O–H groups in total. The van der Waals surface area contributed by atoms with Crippen molar-refractivity contribution in [2.45, 2.75) is 10.2 Å². The lowest BCUT2D eigenvalue weighted by molar-refractivity contribution is -0.122. The molecule has 2 atom stereocenters. The maximum atomic E-state index is 13.7. The number of alkyl halides is 1. The number of anilines is 1. The van der Waals surface area contributed by atoms with Crippen LogP contribution in [0.25, 0.3) is 0 Å². The lowest BCUT2D eigenvalue weighted by atomic mass is 9.55. The molecule has 7 rings (SSSR count). The minimum Gasteiger partial charge on any atom is -0.274 e. The molecule has 3 aromatic rings. The van der Waals surface area contributed by atoms with Gasteiger partial charge in [-0.2, -0.15) is 5.26 Å². The summed E-state index contributed by atoms with van der Waals surface area (Å²) in [7, 11) is 0. The second-order valence-corrected chi connectivity index (χ2v) is 9.29. The first-order chi connectivity index (χ1) is 14.6. The van der Waals surface area contributed by atoms with Crippen molar-refractivity contribution in [3.63, 3.8) is 0 Å². The molecule has 0 spiro atoms. The molecule has 3 aliphatic carbocycles. The van der Waals surface area contributed by atoms with Crippen LogP contribution >= 0.6 is 15.9 Å². The van der Waals surface area contributed by atoms with Gasteiger partial charge in [0.15, 0.2) is 0 Å². The molecule has 2 bridgehead atoms. The number of halogens is 1. The molecule has 4 aliphatic rings. The van der Waals surface area contributed by atoms with E-state index in [2.05, 4.69) is 46.3 Å². The SMILES string of the molecule is N#Cc1ccc(N2C(=O)[C@H]3C4c5ccccc5C(Br)(c5ccccc54)[C@H]3C2=O)cc1. The van der Waals surface area contributed by atoms with Gasteiger partial charge in [-0.25, -0.2) is 4.90 Å². The number of carbonyl (C=O) groups excluding carboxylic acids is 2. The van der Waals surface area contributed by atoms with Crippen LogP contribution in [-0.4, -0.2) is 11.8 Å². The number of nitriles is 1.